The molecule has 0 radical (unpaired) electrons. The molecule has 188 valence electrons. The second-order valence-electron chi connectivity index (χ2n) is 9.01. The summed E-state index contributed by atoms with van der Waals surface area (Å²) in [5, 5.41) is 0. The first kappa shape index (κ1) is 27.0. The van der Waals surface area contributed by atoms with Crippen LogP contribution in [0.2, 0.25) is 0 Å². The Morgan fingerprint density at radius 1 is 0.971 bits per heavy atom. The zero-order chi connectivity index (χ0) is 25.6. The molecule has 0 aliphatic heterocycles. The molecule has 0 unspecified atom stereocenters. The fourth-order valence-corrected chi connectivity index (χ4v) is 6.05. The number of hydrogen-bond acceptors (Lipinski definition) is 4. The van der Waals surface area contributed by atoms with E-state index >= 15 is 0 Å². The Morgan fingerprint density at radius 2 is 1.63 bits per heavy atom. The van der Waals surface area contributed by atoms with Crippen molar-refractivity contribution in [2.24, 2.45) is 5.92 Å². The van der Waals surface area contributed by atoms with Gasteiger partial charge >= 0.3 is 0 Å². The van der Waals surface area contributed by atoms with Gasteiger partial charge in [0, 0.05) is 22.8 Å². The van der Waals surface area contributed by atoms with E-state index in [1.165, 1.54) is 16.4 Å². The normalized spacial score (nSPS) is 12.6. The number of halogens is 1. The highest BCUT2D eigenvalue weighted by molar-refractivity contribution is 7.89. The number of carbonyl (C=O) groups is 1. The highest BCUT2D eigenvalue weighted by atomic mass is 32.2. The predicted octanol–water partition coefficient (Wildman–Crippen LogP) is 5.77. The Labute approximate surface area is 212 Å². The van der Waals surface area contributed by atoms with Gasteiger partial charge in [0.2, 0.25) is 15.9 Å². The first-order chi connectivity index (χ1) is 16.6. The van der Waals surface area contributed by atoms with E-state index in [1.54, 1.807) is 52.6 Å². The van der Waals surface area contributed by atoms with Crippen molar-refractivity contribution in [3.8, 4) is 0 Å². The molecule has 8 heteroatoms. The van der Waals surface area contributed by atoms with E-state index in [0.717, 1.165) is 27.3 Å². The predicted molar refractivity (Wildman–Crippen MR) is 139 cm³/mol. The van der Waals surface area contributed by atoms with Gasteiger partial charge in [0.1, 0.15) is 5.82 Å². The molecule has 0 aliphatic carbocycles. The minimum absolute atomic E-state index is 0.0912. The third-order valence-electron chi connectivity index (χ3n) is 5.96. The number of sulfonamides is 1. The minimum Gasteiger partial charge on any atom is -0.332 e. The molecular formula is C27H33FN2O3S2. The van der Waals surface area contributed by atoms with Gasteiger partial charge < -0.3 is 4.90 Å². The molecule has 0 saturated carbocycles. The molecule has 1 amide bonds. The molecule has 0 aliphatic rings. The third-order valence-corrected chi connectivity index (χ3v) is 8.78. The molecule has 3 aromatic rings. The van der Waals surface area contributed by atoms with E-state index in [0.29, 0.717) is 6.54 Å². The molecule has 3 rings (SSSR count). The summed E-state index contributed by atoms with van der Waals surface area (Å²) < 4.78 is 41.8. The van der Waals surface area contributed by atoms with Crippen molar-refractivity contribution in [3.05, 3.63) is 87.4 Å². The number of amides is 1. The lowest BCUT2D eigenvalue weighted by Crippen LogP contribution is -2.44. The highest BCUT2D eigenvalue weighted by Crippen LogP contribution is 2.22. The van der Waals surface area contributed by atoms with E-state index < -0.39 is 10.0 Å². The molecule has 5 nitrogen and oxygen atoms in total. The molecule has 1 atom stereocenters. The maximum Gasteiger partial charge on any atom is 0.243 e. The summed E-state index contributed by atoms with van der Waals surface area (Å²) in [7, 11) is -3.86. The lowest BCUT2D eigenvalue weighted by Gasteiger charge is -2.28. The summed E-state index contributed by atoms with van der Waals surface area (Å²) >= 11 is 1.60. The number of nitrogens with zero attached hydrogens (tertiary/aromatic N) is 2. The summed E-state index contributed by atoms with van der Waals surface area (Å²) in [6.07, 6.45) is 0.794. The molecule has 0 fully saturated rings. The monoisotopic (exact) mass is 516 g/mol. The van der Waals surface area contributed by atoms with Gasteiger partial charge in [-0.15, -0.1) is 11.3 Å². The van der Waals surface area contributed by atoms with E-state index in [1.807, 2.05) is 39.8 Å². The van der Waals surface area contributed by atoms with Crippen LogP contribution in [0.3, 0.4) is 0 Å². The molecule has 0 spiro atoms. The van der Waals surface area contributed by atoms with E-state index in [2.05, 4.69) is 0 Å². The second kappa shape index (κ2) is 11.9. The second-order valence-corrected chi connectivity index (χ2v) is 12.3. The largest absolute Gasteiger partial charge is 0.332 e. The lowest BCUT2D eigenvalue weighted by molar-refractivity contribution is -0.132. The average Bonchev–Trinajstić information content (AvgIpc) is 3.24. The topological polar surface area (TPSA) is 57.7 Å². The zero-order valence-corrected chi connectivity index (χ0v) is 22.3. The molecule has 1 aromatic heterocycles. The van der Waals surface area contributed by atoms with Crippen LogP contribution >= 0.6 is 11.3 Å². The van der Waals surface area contributed by atoms with Crippen molar-refractivity contribution in [2.75, 3.05) is 13.1 Å². The van der Waals surface area contributed by atoms with Crippen LogP contribution in [-0.4, -0.2) is 36.6 Å². The van der Waals surface area contributed by atoms with Crippen LogP contribution in [0.15, 0.2) is 65.6 Å². The summed E-state index contributed by atoms with van der Waals surface area (Å²) in [6, 6.07) is 16.7. The van der Waals surface area contributed by atoms with Crippen LogP contribution in [-0.2, 0) is 27.9 Å². The summed E-state index contributed by atoms with van der Waals surface area (Å²) in [6.45, 7) is 8.50. The van der Waals surface area contributed by atoms with Crippen LogP contribution in [0, 0.1) is 25.6 Å². The van der Waals surface area contributed by atoms with E-state index in [9.17, 15) is 17.6 Å². The van der Waals surface area contributed by atoms with Gasteiger partial charge in [-0.3, -0.25) is 4.79 Å². The van der Waals surface area contributed by atoms with E-state index in [-0.39, 0.29) is 42.2 Å². The fraction of sp³-hybridized carbons (Fsp3) is 0.370. The van der Waals surface area contributed by atoms with Crippen LogP contribution in [0.25, 0.3) is 0 Å². The van der Waals surface area contributed by atoms with Crippen molar-refractivity contribution in [2.45, 2.75) is 52.1 Å². The van der Waals surface area contributed by atoms with Crippen LogP contribution in [0.1, 0.15) is 41.1 Å². The molecule has 35 heavy (non-hydrogen) atoms. The molecule has 1 heterocycles. The van der Waals surface area contributed by atoms with Gasteiger partial charge in [-0.1, -0.05) is 50.1 Å². The van der Waals surface area contributed by atoms with Crippen LogP contribution in [0.5, 0.6) is 0 Å². The Kier molecular flexibility index (Phi) is 9.21. The Bertz CT molecular complexity index is 1220. The number of aryl methyl sites for hydroxylation is 2. The van der Waals surface area contributed by atoms with Gasteiger partial charge in [-0.25, -0.2) is 12.8 Å². The van der Waals surface area contributed by atoms with Crippen LogP contribution in [0.4, 0.5) is 4.39 Å². The standard InChI is InChI=1S/C27H33FN2O3S2/c1-5-20(2)16-30(35(32,33)26-14-6-21(3)7-15-26)19-27(31)29(18-25-13-8-22(4)34-25)17-23-9-11-24(28)12-10-23/h6-15,20H,5,16-19H2,1-4H3/t20-/m0/s1. The molecule has 0 N–H and O–H groups in total. The fourth-order valence-electron chi connectivity index (χ4n) is 3.64. The SMILES string of the molecule is CC[C@H](C)CN(CC(=O)N(Cc1ccc(F)cc1)Cc1ccc(C)s1)S(=O)(=O)c1ccc(C)cc1. The molecular weight excluding hydrogens is 483 g/mol. The van der Waals surface area contributed by atoms with Gasteiger partial charge in [0.05, 0.1) is 18.0 Å². The first-order valence-electron chi connectivity index (χ1n) is 11.7. The quantitative estimate of drug-likeness (QED) is 0.325. The molecule has 0 saturated heterocycles. The Hall–Kier alpha value is -2.55. The Balaban J connectivity index is 1.89. The van der Waals surface area contributed by atoms with Crippen LogP contribution < -0.4 is 0 Å². The number of carbonyl (C=O) groups excluding carboxylic acids is 1. The average molecular weight is 517 g/mol. The highest BCUT2D eigenvalue weighted by Gasteiger charge is 2.29. The zero-order valence-electron chi connectivity index (χ0n) is 20.7. The lowest BCUT2D eigenvalue weighted by atomic mass is 10.1. The van der Waals surface area contributed by atoms with Crippen molar-refractivity contribution in [3.63, 3.8) is 0 Å². The van der Waals surface area contributed by atoms with Gasteiger partial charge in [-0.2, -0.15) is 4.31 Å². The van der Waals surface area contributed by atoms with Crippen molar-refractivity contribution < 1.29 is 17.6 Å². The van der Waals surface area contributed by atoms with Gasteiger partial charge in [0.25, 0.3) is 0 Å². The smallest absolute Gasteiger partial charge is 0.243 e. The van der Waals surface area contributed by atoms with Crippen molar-refractivity contribution >= 4 is 27.3 Å². The maximum atomic E-state index is 13.6. The summed E-state index contributed by atoms with van der Waals surface area (Å²) in [5.74, 6) is -0.544. The van der Waals surface area contributed by atoms with E-state index in [4.69, 9.17) is 0 Å². The summed E-state index contributed by atoms with van der Waals surface area (Å²) in [5.41, 5.74) is 1.74. The molecule has 0 bridgehead atoms. The van der Waals surface area contributed by atoms with Gasteiger partial charge in [0.15, 0.2) is 0 Å². The van der Waals surface area contributed by atoms with Crippen molar-refractivity contribution in [1.82, 2.24) is 9.21 Å². The number of thiophene rings is 1. The van der Waals surface area contributed by atoms with Gasteiger partial charge in [-0.05, 0) is 61.7 Å². The van der Waals surface area contributed by atoms with Crippen molar-refractivity contribution in [1.29, 1.82) is 0 Å². The number of hydrogen-bond donors (Lipinski definition) is 0. The Morgan fingerprint density at radius 3 is 2.20 bits per heavy atom. The third kappa shape index (κ3) is 7.46. The summed E-state index contributed by atoms with van der Waals surface area (Å²) in [4.78, 5) is 17.6. The number of benzene rings is 2. The first-order valence-corrected chi connectivity index (χ1v) is 14.0. The maximum absolute atomic E-state index is 13.6. The molecule has 2 aromatic carbocycles. The number of rotatable bonds is 11. The minimum atomic E-state index is -3.86.